The van der Waals surface area contributed by atoms with Crippen LogP contribution in [0.15, 0.2) is 0 Å². The molecule has 4 nitrogen and oxygen atoms in total. The molecule has 0 aliphatic heterocycles. The predicted octanol–water partition coefficient (Wildman–Crippen LogP) is 2.28. The predicted molar refractivity (Wildman–Crippen MR) is 60.0 cm³/mol. The van der Waals surface area contributed by atoms with Crippen molar-refractivity contribution in [3.63, 3.8) is 0 Å². The Morgan fingerprint density at radius 1 is 1.33 bits per heavy atom. The number of methoxy groups -OCH3 is 1. The first-order valence-corrected chi connectivity index (χ1v) is 5.26. The highest BCUT2D eigenvalue weighted by Crippen LogP contribution is 2.11. The van der Waals surface area contributed by atoms with E-state index in [2.05, 4.69) is 0 Å². The summed E-state index contributed by atoms with van der Waals surface area (Å²) < 4.78 is 10.2. The molecule has 0 atom stereocenters. The van der Waals surface area contributed by atoms with E-state index >= 15 is 0 Å². The number of ether oxygens (including phenoxy) is 2. The number of carbonyl (C=O) groups excluding carboxylic acids is 1. The molecule has 0 N–H and O–H groups in total. The lowest BCUT2D eigenvalue weighted by atomic mass is 10.2. The van der Waals surface area contributed by atoms with Crippen LogP contribution in [0.5, 0.6) is 0 Å². The van der Waals surface area contributed by atoms with Crippen molar-refractivity contribution >= 4 is 6.09 Å². The molecular formula is C11H23NO3. The summed E-state index contributed by atoms with van der Waals surface area (Å²) in [7, 11) is 1.62. The number of rotatable bonds is 4. The van der Waals surface area contributed by atoms with E-state index in [9.17, 15) is 4.79 Å². The fourth-order valence-electron chi connectivity index (χ4n) is 1.07. The van der Waals surface area contributed by atoms with Crippen molar-refractivity contribution in [1.29, 1.82) is 0 Å². The van der Waals surface area contributed by atoms with E-state index in [1.807, 2.05) is 34.6 Å². The highest BCUT2D eigenvalue weighted by molar-refractivity contribution is 5.68. The molecule has 0 aliphatic carbocycles. The number of carbonyl (C=O) groups is 1. The number of hydrogen-bond acceptors (Lipinski definition) is 3. The van der Waals surface area contributed by atoms with Gasteiger partial charge in [0.2, 0.25) is 0 Å². The smallest absolute Gasteiger partial charge is 0.410 e. The molecule has 90 valence electrons. The van der Waals surface area contributed by atoms with Gasteiger partial charge in [-0.3, -0.25) is 0 Å². The average Bonchev–Trinajstić information content (AvgIpc) is 2.00. The molecule has 0 aromatic rings. The van der Waals surface area contributed by atoms with E-state index in [1.54, 1.807) is 12.0 Å². The first-order valence-electron chi connectivity index (χ1n) is 5.26. The van der Waals surface area contributed by atoms with Crippen molar-refractivity contribution in [2.45, 2.75) is 46.3 Å². The lowest BCUT2D eigenvalue weighted by molar-refractivity contribution is 0.0137. The van der Waals surface area contributed by atoms with Gasteiger partial charge in [0.25, 0.3) is 0 Å². The Morgan fingerprint density at radius 2 is 1.87 bits per heavy atom. The molecule has 15 heavy (non-hydrogen) atoms. The van der Waals surface area contributed by atoms with Crippen molar-refractivity contribution in [3.8, 4) is 0 Å². The second kappa shape index (κ2) is 5.95. The quantitative estimate of drug-likeness (QED) is 0.725. The number of hydrogen-bond donors (Lipinski definition) is 0. The van der Waals surface area contributed by atoms with Gasteiger partial charge in [-0.25, -0.2) is 4.79 Å². The molecule has 0 saturated carbocycles. The molecule has 0 unspecified atom stereocenters. The minimum absolute atomic E-state index is 0.120. The van der Waals surface area contributed by atoms with E-state index in [0.717, 1.165) is 0 Å². The molecule has 0 bridgehead atoms. The van der Waals surface area contributed by atoms with Gasteiger partial charge in [0.15, 0.2) is 0 Å². The molecule has 0 heterocycles. The largest absolute Gasteiger partial charge is 0.444 e. The molecule has 0 radical (unpaired) electrons. The maximum Gasteiger partial charge on any atom is 0.410 e. The Hall–Kier alpha value is -0.770. The summed E-state index contributed by atoms with van der Waals surface area (Å²) >= 11 is 0. The van der Waals surface area contributed by atoms with Crippen molar-refractivity contribution < 1.29 is 14.3 Å². The lowest BCUT2D eigenvalue weighted by Crippen LogP contribution is -2.42. The van der Waals surface area contributed by atoms with Gasteiger partial charge in [-0.2, -0.15) is 0 Å². The Labute approximate surface area is 92.5 Å². The highest BCUT2D eigenvalue weighted by Gasteiger charge is 2.23. The topological polar surface area (TPSA) is 38.8 Å². The third kappa shape index (κ3) is 6.33. The van der Waals surface area contributed by atoms with E-state index in [-0.39, 0.29) is 12.1 Å². The minimum Gasteiger partial charge on any atom is -0.444 e. The van der Waals surface area contributed by atoms with Gasteiger partial charge >= 0.3 is 6.09 Å². The summed E-state index contributed by atoms with van der Waals surface area (Å²) in [5.41, 5.74) is -0.447. The van der Waals surface area contributed by atoms with Gasteiger partial charge < -0.3 is 14.4 Å². The Bertz CT molecular complexity index is 196. The van der Waals surface area contributed by atoms with E-state index in [0.29, 0.717) is 13.2 Å². The molecule has 0 aromatic heterocycles. The molecular weight excluding hydrogens is 194 g/mol. The summed E-state index contributed by atoms with van der Waals surface area (Å²) in [4.78, 5) is 13.4. The zero-order chi connectivity index (χ0) is 12.1. The monoisotopic (exact) mass is 217 g/mol. The fraction of sp³-hybridized carbons (Fsp3) is 0.909. The Morgan fingerprint density at radius 3 is 2.20 bits per heavy atom. The highest BCUT2D eigenvalue weighted by atomic mass is 16.6. The zero-order valence-corrected chi connectivity index (χ0v) is 10.7. The van der Waals surface area contributed by atoms with Gasteiger partial charge in [0.05, 0.1) is 6.61 Å². The summed E-state index contributed by atoms with van der Waals surface area (Å²) in [5.74, 6) is 0. The van der Waals surface area contributed by atoms with Crippen LogP contribution in [-0.2, 0) is 9.47 Å². The average molecular weight is 217 g/mol. The van der Waals surface area contributed by atoms with Gasteiger partial charge in [0, 0.05) is 19.7 Å². The third-order valence-electron chi connectivity index (χ3n) is 1.79. The number of nitrogens with zero attached hydrogens (tertiary/aromatic N) is 1. The van der Waals surface area contributed by atoms with Crippen molar-refractivity contribution in [3.05, 3.63) is 0 Å². The van der Waals surface area contributed by atoms with Crippen LogP contribution >= 0.6 is 0 Å². The SMILES string of the molecule is COCCN(C(=O)OC(C)(C)C)C(C)C. The van der Waals surface area contributed by atoms with Crippen LogP contribution in [0.25, 0.3) is 0 Å². The minimum atomic E-state index is -0.447. The Kier molecular flexibility index (Phi) is 5.65. The standard InChI is InChI=1S/C11H23NO3/c1-9(2)12(7-8-14-6)10(13)15-11(3,4)5/h9H,7-8H2,1-6H3. The summed E-state index contributed by atoms with van der Waals surface area (Å²) in [5, 5.41) is 0. The molecule has 0 fully saturated rings. The molecule has 0 spiro atoms. The summed E-state index contributed by atoms with van der Waals surface area (Å²) in [6.45, 7) is 10.6. The van der Waals surface area contributed by atoms with Crippen LogP contribution in [0.4, 0.5) is 4.79 Å². The van der Waals surface area contributed by atoms with Gasteiger partial charge in [-0.1, -0.05) is 0 Å². The normalized spacial score (nSPS) is 11.7. The first kappa shape index (κ1) is 14.2. The third-order valence-corrected chi connectivity index (χ3v) is 1.79. The Balaban J connectivity index is 4.29. The maximum absolute atomic E-state index is 11.8. The molecule has 4 heteroatoms. The van der Waals surface area contributed by atoms with Crippen LogP contribution in [0.3, 0.4) is 0 Å². The lowest BCUT2D eigenvalue weighted by Gasteiger charge is -2.29. The molecule has 0 rings (SSSR count). The van der Waals surface area contributed by atoms with Crippen LogP contribution in [0.2, 0.25) is 0 Å². The van der Waals surface area contributed by atoms with E-state index < -0.39 is 5.60 Å². The number of amides is 1. The van der Waals surface area contributed by atoms with Gasteiger partial charge in [0.1, 0.15) is 5.60 Å². The molecule has 0 saturated heterocycles. The second-order valence-electron chi connectivity index (χ2n) is 4.76. The van der Waals surface area contributed by atoms with Crippen LogP contribution in [0, 0.1) is 0 Å². The molecule has 0 aliphatic rings. The first-order chi connectivity index (χ1) is 6.78. The summed E-state index contributed by atoms with van der Waals surface area (Å²) in [6.07, 6.45) is -0.283. The van der Waals surface area contributed by atoms with Crippen molar-refractivity contribution in [2.75, 3.05) is 20.3 Å². The van der Waals surface area contributed by atoms with Crippen LogP contribution < -0.4 is 0 Å². The van der Waals surface area contributed by atoms with Crippen molar-refractivity contribution in [2.24, 2.45) is 0 Å². The van der Waals surface area contributed by atoms with Crippen molar-refractivity contribution in [1.82, 2.24) is 4.90 Å². The van der Waals surface area contributed by atoms with E-state index in [4.69, 9.17) is 9.47 Å². The summed E-state index contributed by atoms with van der Waals surface area (Å²) in [6, 6.07) is 0.120. The zero-order valence-electron chi connectivity index (χ0n) is 10.7. The molecule has 1 amide bonds. The van der Waals surface area contributed by atoms with E-state index in [1.165, 1.54) is 0 Å². The van der Waals surface area contributed by atoms with Crippen LogP contribution in [-0.4, -0.2) is 42.9 Å². The van der Waals surface area contributed by atoms with Gasteiger partial charge in [-0.05, 0) is 34.6 Å². The molecule has 0 aromatic carbocycles. The van der Waals surface area contributed by atoms with Crippen LogP contribution in [0.1, 0.15) is 34.6 Å². The van der Waals surface area contributed by atoms with Gasteiger partial charge in [-0.15, -0.1) is 0 Å². The second-order valence-corrected chi connectivity index (χ2v) is 4.76. The maximum atomic E-state index is 11.8. The fourth-order valence-corrected chi connectivity index (χ4v) is 1.07.